The second-order valence-electron chi connectivity index (χ2n) is 7.38. The SMILES string of the molecule is Cc1cc(C(C)(C)C)cc(C)c1CC(C)(C)CN. The first kappa shape index (κ1) is 15.2. The Morgan fingerprint density at radius 2 is 1.39 bits per heavy atom. The van der Waals surface area contributed by atoms with Crippen LogP contribution in [0.1, 0.15) is 56.9 Å². The summed E-state index contributed by atoms with van der Waals surface area (Å²) < 4.78 is 0. The normalized spacial score (nSPS) is 12.9. The van der Waals surface area contributed by atoms with Crippen molar-refractivity contribution in [3.05, 3.63) is 34.4 Å². The fourth-order valence-corrected chi connectivity index (χ4v) is 2.26. The molecule has 0 aliphatic heterocycles. The summed E-state index contributed by atoms with van der Waals surface area (Å²) >= 11 is 0. The highest BCUT2D eigenvalue weighted by molar-refractivity contribution is 5.41. The maximum atomic E-state index is 5.85. The zero-order valence-electron chi connectivity index (χ0n) is 13.1. The number of benzene rings is 1. The van der Waals surface area contributed by atoms with Crippen LogP contribution in [0.15, 0.2) is 12.1 Å². The lowest BCUT2D eigenvalue weighted by Crippen LogP contribution is -2.26. The van der Waals surface area contributed by atoms with Gasteiger partial charge in [-0.15, -0.1) is 0 Å². The molecule has 0 saturated carbocycles. The third-order valence-corrected chi connectivity index (χ3v) is 3.77. The van der Waals surface area contributed by atoms with Crippen molar-refractivity contribution in [2.75, 3.05) is 6.54 Å². The largest absolute Gasteiger partial charge is 0.330 e. The first-order chi connectivity index (χ1) is 8.07. The van der Waals surface area contributed by atoms with Crippen LogP contribution in [-0.2, 0) is 11.8 Å². The molecule has 0 aliphatic carbocycles. The second-order valence-corrected chi connectivity index (χ2v) is 7.38. The minimum absolute atomic E-state index is 0.179. The molecule has 0 atom stereocenters. The van der Waals surface area contributed by atoms with E-state index >= 15 is 0 Å². The van der Waals surface area contributed by atoms with Gasteiger partial charge in [-0.2, -0.15) is 0 Å². The molecule has 1 aromatic carbocycles. The number of hydrogen-bond donors (Lipinski definition) is 1. The summed E-state index contributed by atoms with van der Waals surface area (Å²) in [5, 5.41) is 0. The molecular formula is C17H29N. The summed E-state index contributed by atoms with van der Waals surface area (Å²) in [5.41, 5.74) is 12.0. The van der Waals surface area contributed by atoms with Crippen molar-refractivity contribution in [2.24, 2.45) is 11.1 Å². The molecule has 0 amide bonds. The third-order valence-electron chi connectivity index (χ3n) is 3.77. The lowest BCUT2D eigenvalue weighted by atomic mass is 9.79. The molecule has 1 heteroatoms. The van der Waals surface area contributed by atoms with Crippen molar-refractivity contribution in [1.29, 1.82) is 0 Å². The van der Waals surface area contributed by atoms with Crippen LogP contribution >= 0.6 is 0 Å². The molecule has 102 valence electrons. The Balaban J connectivity index is 3.18. The van der Waals surface area contributed by atoms with Crippen molar-refractivity contribution < 1.29 is 0 Å². The van der Waals surface area contributed by atoms with Crippen LogP contribution in [0, 0.1) is 19.3 Å². The Kier molecular flexibility index (Phi) is 4.27. The van der Waals surface area contributed by atoms with Gasteiger partial charge in [-0.25, -0.2) is 0 Å². The average molecular weight is 247 g/mol. The Morgan fingerprint density at radius 1 is 0.944 bits per heavy atom. The molecule has 0 spiro atoms. The summed E-state index contributed by atoms with van der Waals surface area (Å²) in [6.45, 7) is 16.5. The Labute approximate surface area is 113 Å². The van der Waals surface area contributed by atoms with Gasteiger partial charge in [0.1, 0.15) is 0 Å². The molecule has 2 N–H and O–H groups in total. The minimum atomic E-state index is 0.179. The predicted molar refractivity (Wildman–Crippen MR) is 81.2 cm³/mol. The van der Waals surface area contributed by atoms with Crippen LogP contribution in [0.25, 0.3) is 0 Å². The Morgan fingerprint density at radius 3 is 1.72 bits per heavy atom. The van der Waals surface area contributed by atoms with E-state index in [4.69, 9.17) is 5.73 Å². The fourth-order valence-electron chi connectivity index (χ4n) is 2.26. The van der Waals surface area contributed by atoms with Crippen molar-refractivity contribution in [1.82, 2.24) is 0 Å². The Hall–Kier alpha value is -0.820. The molecule has 0 unspecified atom stereocenters. The smallest absolute Gasteiger partial charge is 0.00226 e. The van der Waals surface area contributed by atoms with Gasteiger partial charge in [-0.3, -0.25) is 0 Å². The van der Waals surface area contributed by atoms with Crippen LogP contribution in [-0.4, -0.2) is 6.54 Å². The number of rotatable bonds is 3. The van der Waals surface area contributed by atoms with Gasteiger partial charge < -0.3 is 5.73 Å². The molecule has 0 heterocycles. The molecule has 0 radical (unpaired) electrons. The lowest BCUT2D eigenvalue weighted by Gasteiger charge is -2.27. The van der Waals surface area contributed by atoms with E-state index in [2.05, 4.69) is 60.6 Å². The highest BCUT2D eigenvalue weighted by Crippen LogP contribution is 2.30. The maximum absolute atomic E-state index is 5.85. The van der Waals surface area contributed by atoms with E-state index in [0.29, 0.717) is 0 Å². The van der Waals surface area contributed by atoms with Crippen molar-refractivity contribution >= 4 is 0 Å². The van der Waals surface area contributed by atoms with Crippen LogP contribution in [0.2, 0.25) is 0 Å². The molecular weight excluding hydrogens is 218 g/mol. The summed E-state index contributed by atoms with van der Waals surface area (Å²) in [6, 6.07) is 4.68. The van der Waals surface area contributed by atoms with Gasteiger partial charge in [-0.1, -0.05) is 46.8 Å². The molecule has 18 heavy (non-hydrogen) atoms. The highest BCUT2D eigenvalue weighted by Gasteiger charge is 2.21. The minimum Gasteiger partial charge on any atom is -0.330 e. The number of aryl methyl sites for hydroxylation is 2. The first-order valence-electron chi connectivity index (χ1n) is 6.87. The van der Waals surface area contributed by atoms with E-state index in [1.54, 1.807) is 0 Å². The molecule has 1 rings (SSSR count). The molecule has 0 aliphatic rings. The fraction of sp³-hybridized carbons (Fsp3) is 0.647. The van der Waals surface area contributed by atoms with E-state index in [1.807, 2.05) is 0 Å². The molecule has 1 nitrogen and oxygen atoms in total. The first-order valence-corrected chi connectivity index (χ1v) is 6.87. The quantitative estimate of drug-likeness (QED) is 0.854. The standard InChI is InChI=1S/C17H29N/c1-12-8-14(16(3,4)5)9-13(2)15(12)10-17(6,7)11-18/h8-9H,10-11,18H2,1-7H3. The van der Waals surface area contributed by atoms with E-state index in [0.717, 1.165) is 13.0 Å². The van der Waals surface area contributed by atoms with Crippen molar-refractivity contribution in [3.8, 4) is 0 Å². The van der Waals surface area contributed by atoms with Crippen LogP contribution in [0.5, 0.6) is 0 Å². The monoisotopic (exact) mass is 247 g/mol. The predicted octanol–water partition coefficient (Wildman–Crippen LogP) is 4.13. The van der Waals surface area contributed by atoms with Gasteiger partial charge in [0.2, 0.25) is 0 Å². The van der Waals surface area contributed by atoms with Crippen LogP contribution in [0.3, 0.4) is 0 Å². The molecule has 0 bridgehead atoms. The van der Waals surface area contributed by atoms with E-state index < -0.39 is 0 Å². The third kappa shape index (κ3) is 3.58. The average Bonchev–Trinajstić information content (AvgIpc) is 2.22. The van der Waals surface area contributed by atoms with Gasteiger partial charge >= 0.3 is 0 Å². The van der Waals surface area contributed by atoms with Crippen molar-refractivity contribution in [3.63, 3.8) is 0 Å². The maximum Gasteiger partial charge on any atom is -0.00226 e. The van der Waals surface area contributed by atoms with Gasteiger partial charge in [0.25, 0.3) is 0 Å². The van der Waals surface area contributed by atoms with Gasteiger partial charge in [-0.05, 0) is 59.9 Å². The van der Waals surface area contributed by atoms with Gasteiger partial charge in [0.05, 0.1) is 0 Å². The molecule has 1 aromatic rings. The highest BCUT2D eigenvalue weighted by atomic mass is 14.6. The van der Waals surface area contributed by atoms with E-state index in [1.165, 1.54) is 22.3 Å². The summed E-state index contributed by atoms with van der Waals surface area (Å²) in [7, 11) is 0. The topological polar surface area (TPSA) is 26.0 Å². The van der Waals surface area contributed by atoms with E-state index in [-0.39, 0.29) is 10.8 Å². The number of nitrogens with two attached hydrogens (primary N) is 1. The molecule has 0 saturated heterocycles. The summed E-state index contributed by atoms with van der Waals surface area (Å²) in [5.74, 6) is 0. The van der Waals surface area contributed by atoms with E-state index in [9.17, 15) is 0 Å². The van der Waals surface area contributed by atoms with Crippen LogP contribution < -0.4 is 5.73 Å². The molecule has 0 aromatic heterocycles. The summed E-state index contributed by atoms with van der Waals surface area (Å²) in [4.78, 5) is 0. The van der Waals surface area contributed by atoms with Crippen molar-refractivity contribution in [2.45, 2.75) is 60.3 Å². The number of hydrogen-bond acceptors (Lipinski definition) is 1. The zero-order valence-corrected chi connectivity index (χ0v) is 13.1. The van der Waals surface area contributed by atoms with Gasteiger partial charge in [0, 0.05) is 0 Å². The van der Waals surface area contributed by atoms with Gasteiger partial charge in [0.15, 0.2) is 0 Å². The summed E-state index contributed by atoms with van der Waals surface area (Å²) in [6.07, 6.45) is 1.06. The lowest BCUT2D eigenvalue weighted by molar-refractivity contribution is 0.375. The molecule has 0 fully saturated rings. The Bertz CT molecular complexity index is 399. The second kappa shape index (κ2) is 5.05. The zero-order chi connectivity index (χ0) is 14.1. The van der Waals surface area contributed by atoms with Crippen LogP contribution in [0.4, 0.5) is 0 Å².